The van der Waals surface area contributed by atoms with E-state index in [1.165, 1.54) is 36.6 Å². The lowest BCUT2D eigenvalue weighted by Gasteiger charge is -2.12. The minimum atomic E-state index is -1.04. The van der Waals surface area contributed by atoms with Crippen molar-refractivity contribution in [1.29, 1.82) is 0 Å². The van der Waals surface area contributed by atoms with Crippen molar-refractivity contribution in [2.75, 3.05) is 10.8 Å². The van der Waals surface area contributed by atoms with Crippen LogP contribution in [0.15, 0.2) is 79.1 Å². The van der Waals surface area contributed by atoms with E-state index in [1.807, 2.05) is 30.3 Å². The third-order valence-electron chi connectivity index (χ3n) is 3.91. The van der Waals surface area contributed by atoms with Gasteiger partial charge in [0.05, 0.1) is 16.8 Å². The van der Waals surface area contributed by atoms with Crippen molar-refractivity contribution in [3.63, 3.8) is 0 Å². The molecule has 1 amide bonds. The van der Waals surface area contributed by atoms with Crippen LogP contribution in [0.1, 0.15) is 26.3 Å². The van der Waals surface area contributed by atoms with E-state index in [9.17, 15) is 9.59 Å². The number of carboxylic acids is 1. The van der Waals surface area contributed by atoms with E-state index in [1.54, 1.807) is 18.2 Å². The number of hydrogen-bond donors (Lipinski definition) is 3. The van der Waals surface area contributed by atoms with Gasteiger partial charge < -0.3 is 15.3 Å². The number of carbonyl (C=O) groups is 2. The molecule has 0 saturated carbocycles. The van der Waals surface area contributed by atoms with E-state index in [-0.39, 0.29) is 11.1 Å². The van der Waals surface area contributed by atoms with Gasteiger partial charge in [0.25, 0.3) is 5.91 Å². The number of rotatable bonds is 7. The summed E-state index contributed by atoms with van der Waals surface area (Å²) in [6.45, 7) is 0. The second-order valence-electron chi connectivity index (χ2n) is 5.96. The lowest BCUT2D eigenvalue weighted by Crippen LogP contribution is -2.14. The number of carbonyl (C=O) groups excluding carboxylic acids is 1. The second-order valence-corrected chi connectivity index (χ2v) is 6.40. The highest BCUT2D eigenvalue weighted by Crippen LogP contribution is 2.22. The number of carboxylic acid groups (broad SMARTS) is 1. The number of amides is 1. The Labute approximate surface area is 172 Å². The van der Waals surface area contributed by atoms with Crippen molar-refractivity contribution in [1.82, 2.24) is 0 Å². The van der Waals surface area contributed by atoms with Crippen molar-refractivity contribution in [3.05, 3.63) is 101 Å². The lowest BCUT2D eigenvalue weighted by atomic mass is 10.1. The highest BCUT2D eigenvalue weighted by atomic mass is 35.5. The smallest absolute Gasteiger partial charge is 0.335 e. The minimum Gasteiger partial charge on any atom is -0.478 e. The van der Waals surface area contributed by atoms with Gasteiger partial charge >= 0.3 is 5.97 Å². The summed E-state index contributed by atoms with van der Waals surface area (Å²) in [6, 6.07) is 20.2. The van der Waals surface area contributed by atoms with Crippen LogP contribution in [0, 0.1) is 0 Å². The average Bonchev–Trinajstić information content (AvgIpc) is 2.73. The fourth-order valence-electron chi connectivity index (χ4n) is 2.46. The van der Waals surface area contributed by atoms with Crippen molar-refractivity contribution < 1.29 is 19.5 Å². The number of benzene rings is 3. The van der Waals surface area contributed by atoms with Crippen LogP contribution < -0.4 is 10.8 Å². The number of hydrogen-bond acceptors (Lipinski definition) is 4. The van der Waals surface area contributed by atoms with Crippen LogP contribution in [0.2, 0.25) is 5.02 Å². The molecule has 7 heteroatoms. The molecule has 0 heterocycles. The number of aromatic carboxylic acids is 1. The fourth-order valence-corrected chi connectivity index (χ4v) is 2.63. The topological polar surface area (TPSA) is 87.7 Å². The maximum atomic E-state index is 12.7. The summed E-state index contributed by atoms with van der Waals surface area (Å²) >= 11 is 6.03. The molecular formula is C22H17ClN2O4. The van der Waals surface area contributed by atoms with E-state index in [0.29, 0.717) is 16.4 Å². The maximum absolute atomic E-state index is 12.7. The molecule has 0 fully saturated rings. The summed E-state index contributed by atoms with van der Waals surface area (Å²) in [5.74, 6) is -1.46. The summed E-state index contributed by atoms with van der Waals surface area (Å²) in [4.78, 5) is 28.9. The zero-order valence-electron chi connectivity index (χ0n) is 15.1. The monoisotopic (exact) mass is 408 g/mol. The first-order valence-corrected chi connectivity index (χ1v) is 8.98. The molecule has 3 aromatic carbocycles. The quantitative estimate of drug-likeness (QED) is 0.364. The molecule has 146 valence electrons. The van der Waals surface area contributed by atoms with Crippen molar-refractivity contribution in [3.8, 4) is 0 Å². The Morgan fingerprint density at radius 2 is 1.69 bits per heavy atom. The Kier molecular flexibility index (Phi) is 6.50. The molecule has 29 heavy (non-hydrogen) atoms. The highest BCUT2D eigenvalue weighted by molar-refractivity contribution is 6.31. The van der Waals surface area contributed by atoms with Gasteiger partial charge in [-0.1, -0.05) is 41.9 Å². The van der Waals surface area contributed by atoms with Gasteiger partial charge in [0.15, 0.2) is 0 Å². The molecule has 3 rings (SSSR count). The van der Waals surface area contributed by atoms with E-state index in [0.717, 1.165) is 5.56 Å². The van der Waals surface area contributed by atoms with Crippen molar-refractivity contribution in [2.24, 2.45) is 0 Å². The molecule has 3 aromatic rings. The van der Waals surface area contributed by atoms with Gasteiger partial charge in [-0.2, -0.15) is 0 Å². The van der Waals surface area contributed by atoms with Crippen molar-refractivity contribution in [2.45, 2.75) is 0 Å². The first-order chi connectivity index (χ1) is 14.0. The van der Waals surface area contributed by atoms with Crippen LogP contribution in [0.3, 0.4) is 0 Å². The highest BCUT2D eigenvalue weighted by Gasteiger charge is 2.13. The molecule has 0 aromatic heterocycles. The number of halogens is 1. The molecule has 0 atom stereocenters. The third kappa shape index (κ3) is 5.60. The number of nitrogens with one attached hydrogen (secondary N) is 2. The van der Waals surface area contributed by atoms with Crippen LogP contribution >= 0.6 is 11.6 Å². The molecule has 0 aliphatic rings. The Morgan fingerprint density at radius 3 is 2.38 bits per heavy atom. The van der Waals surface area contributed by atoms with E-state index >= 15 is 0 Å². The van der Waals surface area contributed by atoms with Gasteiger partial charge in [-0.15, -0.1) is 0 Å². The first-order valence-electron chi connectivity index (χ1n) is 8.60. The molecule has 0 saturated heterocycles. The Morgan fingerprint density at radius 1 is 0.966 bits per heavy atom. The Hall–Kier alpha value is -3.77. The number of anilines is 2. The molecule has 6 nitrogen and oxygen atoms in total. The summed E-state index contributed by atoms with van der Waals surface area (Å²) < 4.78 is 0. The average molecular weight is 409 g/mol. The van der Waals surface area contributed by atoms with Crippen LogP contribution in [0.4, 0.5) is 11.4 Å². The van der Waals surface area contributed by atoms with Gasteiger partial charge in [-0.25, -0.2) is 10.3 Å². The fraction of sp³-hybridized carbons (Fsp3) is 0. The maximum Gasteiger partial charge on any atom is 0.335 e. The van der Waals surface area contributed by atoms with E-state index in [2.05, 4.69) is 10.8 Å². The Balaban J connectivity index is 1.69. The summed E-state index contributed by atoms with van der Waals surface area (Å²) in [7, 11) is 0. The molecule has 0 aliphatic carbocycles. The minimum absolute atomic E-state index is 0.131. The Bertz CT molecular complexity index is 1030. The lowest BCUT2D eigenvalue weighted by molar-refractivity contribution is 0.0696. The largest absolute Gasteiger partial charge is 0.478 e. The summed E-state index contributed by atoms with van der Waals surface area (Å²) in [5.41, 5.74) is 4.96. The SMILES string of the molecule is O=C(O)c1ccc(NC(=O)c2cc(Cl)ccc2NOC=Cc2ccccc2)cc1. The van der Waals surface area contributed by atoms with E-state index < -0.39 is 11.9 Å². The normalized spacial score (nSPS) is 10.5. The van der Waals surface area contributed by atoms with Gasteiger partial charge in [0, 0.05) is 10.7 Å². The van der Waals surface area contributed by atoms with Gasteiger partial charge in [0.2, 0.25) is 0 Å². The van der Waals surface area contributed by atoms with Gasteiger partial charge in [-0.05, 0) is 54.1 Å². The molecule has 0 spiro atoms. The molecule has 0 radical (unpaired) electrons. The summed E-state index contributed by atoms with van der Waals surface area (Å²) in [5, 5.41) is 12.0. The molecule has 0 unspecified atom stereocenters. The van der Waals surface area contributed by atoms with Crippen LogP contribution in [0.25, 0.3) is 6.08 Å². The van der Waals surface area contributed by atoms with Crippen LogP contribution in [-0.2, 0) is 4.84 Å². The van der Waals surface area contributed by atoms with E-state index in [4.69, 9.17) is 21.5 Å². The van der Waals surface area contributed by atoms with Crippen LogP contribution in [-0.4, -0.2) is 17.0 Å². The second kappa shape index (κ2) is 9.43. The predicted molar refractivity (Wildman–Crippen MR) is 113 cm³/mol. The zero-order chi connectivity index (χ0) is 20.6. The first kappa shape index (κ1) is 20.0. The third-order valence-corrected chi connectivity index (χ3v) is 4.15. The molecule has 0 aliphatic heterocycles. The van der Waals surface area contributed by atoms with Crippen molar-refractivity contribution >= 4 is 40.9 Å². The summed E-state index contributed by atoms with van der Waals surface area (Å²) in [6.07, 6.45) is 3.24. The van der Waals surface area contributed by atoms with Gasteiger partial charge in [0.1, 0.15) is 6.26 Å². The van der Waals surface area contributed by atoms with Gasteiger partial charge in [-0.3, -0.25) is 4.79 Å². The van der Waals surface area contributed by atoms with Crippen LogP contribution in [0.5, 0.6) is 0 Å². The standard InChI is InChI=1S/C22H17ClN2O4/c23-17-8-11-20(25-29-13-12-15-4-2-1-3-5-15)19(14-17)21(26)24-18-9-6-16(7-10-18)22(27)28/h1-14,25H,(H,24,26)(H,27,28). The predicted octanol–water partition coefficient (Wildman–Crippen LogP) is 5.30. The molecule has 3 N–H and O–H groups in total. The zero-order valence-corrected chi connectivity index (χ0v) is 15.9. The molecular weight excluding hydrogens is 392 g/mol. The molecule has 0 bridgehead atoms.